The summed E-state index contributed by atoms with van der Waals surface area (Å²) in [7, 11) is 0. The molecule has 0 radical (unpaired) electrons. The highest BCUT2D eigenvalue weighted by Gasteiger charge is 2.10. The molecule has 2 aromatic carbocycles. The first-order chi connectivity index (χ1) is 10.6. The first kappa shape index (κ1) is 17.5. The molecule has 22 heavy (non-hydrogen) atoms. The van der Waals surface area contributed by atoms with Gasteiger partial charge in [0.2, 0.25) is 0 Å². The molecule has 2 aromatic rings. The molecule has 0 saturated carbocycles. The minimum absolute atomic E-state index is 0.520. The van der Waals surface area contributed by atoms with Gasteiger partial charge in [0, 0.05) is 12.6 Å². The van der Waals surface area contributed by atoms with Crippen LogP contribution in [0.4, 0.5) is 0 Å². The van der Waals surface area contributed by atoms with E-state index in [9.17, 15) is 0 Å². The van der Waals surface area contributed by atoms with E-state index in [4.69, 9.17) is 4.74 Å². The van der Waals surface area contributed by atoms with Gasteiger partial charge in [0.15, 0.2) is 0 Å². The second-order valence-corrected chi connectivity index (χ2v) is 7.06. The van der Waals surface area contributed by atoms with Gasteiger partial charge in [0.05, 0.1) is 8.95 Å². The van der Waals surface area contributed by atoms with Gasteiger partial charge in [-0.05, 0) is 68.5 Å². The minimum Gasteiger partial charge on any atom is -0.487 e. The lowest BCUT2D eigenvalue weighted by Crippen LogP contribution is -2.24. The number of halogens is 2. The quantitative estimate of drug-likeness (QED) is 0.614. The Bertz CT molecular complexity index is 578. The highest BCUT2D eigenvalue weighted by atomic mass is 79.9. The average Bonchev–Trinajstić information content (AvgIpc) is 2.52. The predicted octanol–water partition coefficient (Wildman–Crippen LogP) is 5.68. The second kappa shape index (κ2) is 8.70. The Morgan fingerprint density at radius 2 is 1.68 bits per heavy atom. The Balaban J connectivity index is 2.03. The van der Waals surface area contributed by atoms with Crippen molar-refractivity contribution in [2.24, 2.45) is 0 Å². The molecule has 0 fully saturated rings. The Morgan fingerprint density at radius 3 is 2.27 bits per heavy atom. The molecule has 0 saturated heterocycles. The maximum absolute atomic E-state index is 5.94. The zero-order chi connectivity index (χ0) is 15.9. The van der Waals surface area contributed by atoms with Crippen LogP contribution in [0.15, 0.2) is 51.4 Å². The normalized spacial score (nSPS) is 12.2. The van der Waals surface area contributed by atoms with E-state index >= 15 is 0 Å². The van der Waals surface area contributed by atoms with E-state index in [-0.39, 0.29) is 0 Å². The SMILES string of the molecule is CC[C@@H](C)NCc1cc(Br)c(OCc2ccccc2)c(Br)c1. The smallest absolute Gasteiger partial charge is 0.148 e. The molecule has 0 aliphatic rings. The van der Waals surface area contributed by atoms with Gasteiger partial charge in [0.1, 0.15) is 12.4 Å². The highest BCUT2D eigenvalue weighted by molar-refractivity contribution is 9.11. The fraction of sp³-hybridized carbons (Fsp3) is 0.333. The third-order valence-electron chi connectivity index (χ3n) is 3.55. The van der Waals surface area contributed by atoms with Gasteiger partial charge in [-0.15, -0.1) is 0 Å². The molecule has 0 spiro atoms. The van der Waals surface area contributed by atoms with Crippen LogP contribution in [0, 0.1) is 0 Å². The largest absolute Gasteiger partial charge is 0.487 e. The molecule has 0 aromatic heterocycles. The molecule has 118 valence electrons. The monoisotopic (exact) mass is 425 g/mol. The van der Waals surface area contributed by atoms with E-state index in [1.807, 2.05) is 18.2 Å². The average molecular weight is 427 g/mol. The van der Waals surface area contributed by atoms with Gasteiger partial charge in [-0.1, -0.05) is 37.3 Å². The van der Waals surface area contributed by atoms with Gasteiger partial charge in [-0.3, -0.25) is 0 Å². The number of hydrogen-bond acceptors (Lipinski definition) is 2. The number of nitrogens with one attached hydrogen (secondary N) is 1. The summed E-state index contributed by atoms with van der Waals surface area (Å²) in [4.78, 5) is 0. The summed E-state index contributed by atoms with van der Waals surface area (Å²) in [6.45, 7) is 5.79. The summed E-state index contributed by atoms with van der Waals surface area (Å²) in [5.41, 5.74) is 2.38. The van der Waals surface area contributed by atoms with Crippen molar-refractivity contribution in [1.82, 2.24) is 5.32 Å². The molecule has 0 heterocycles. The molecule has 0 bridgehead atoms. The molecule has 2 rings (SSSR count). The van der Waals surface area contributed by atoms with Crippen LogP contribution in [0.1, 0.15) is 31.4 Å². The first-order valence-electron chi connectivity index (χ1n) is 7.48. The molecule has 2 nitrogen and oxygen atoms in total. The Morgan fingerprint density at radius 1 is 1.05 bits per heavy atom. The number of hydrogen-bond donors (Lipinski definition) is 1. The molecule has 0 unspecified atom stereocenters. The molecule has 4 heteroatoms. The maximum atomic E-state index is 5.94. The van der Waals surface area contributed by atoms with Crippen molar-refractivity contribution in [2.45, 2.75) is 39.5 Å². The fourth-order valence-corrected chi connectivity index (χ4v) is 3.53. The molecule has 0 amide bonds. The maximum Gasteiger partial charge on any atom is 0.148 e. The highest BCUT2D eigenvalue weighted by Crippen LogP contribution is 2.35. The van der Waals surface area contributed by atoms with E-state index in [0.717, 1.165) is 33.2 Å². The van der Waals surface area contributed by atoms with Crippen molar-refractivity contribution in [3.8, 4) is 5.75 Å². The van der Waals surface area contributed by atoms with Gasteiger partial charge in [-0.25, -0.2) is 0 Å². The summed E-state index contributed by atoms with van der Waals surface area (Å²) in [6.07, 6.45) is 1.13. The Hall–Kier alpha value is -0.840. The first-order valence-corrected chi connectivity index (χ1v) is 9.06. The van der Waals surface area contributed by atoms with E-state index in [0.29, 0.717) is 12.6 Å². The van der Waals surface area contributed by atoms with Gasteiger partial charge >= 0.3 is 0 Å². The van der Waals surface area contributed by atoms with Crippen LogP contribution in [0.2, 0.25) is 0 Å². The lowest BCUT2D eigenvalue weighted by atomic mass is 10.2. The minimum atomic E-state index is 0.520. The number of benzene rings is 2. The molecule has 1 N–H and O–H groups in total. The summed E-state index contributed by atoms with van der Waals surface area (Å²) >= 11 is 7.23. The van der Waals surface area contributed by atoms with Crippen LogP contribution in [0.5, 0.6) is 5.75 Å². The zero-order valence-corrected chi connectivity index (χ0v) is 16.1. The van der Waals surface area contributed by atoms with Crippen molar-refractivity contribution >= 4 is 31.9 Å². The van der Waals surface area contributed by atoms with Gasteiger partial charge in [-0.2, -0.15) is 0 Å². The summed E-state index contributed by atoms with van der Waals surface area (Å²) < 4.78 is 7.88. The third-order valence-corrected chi connectivity index (χ3v) is 4.73. The molecule has 0 aliphatic heterocycles. The summed E-state index contributed by atoms with van der Waals surface area (Å²) in [5.74, 6) is 0.844. The van der Waals surface area contributed by atoms with Crippen LogP contribution < -0.4 is 10.1 Å². The summed E-state index contributed by atoms with van der Waals surface area (Å²) in [5, 5.41) is 3.50. The Labute approximate surface area is 149 Å². The lowest BCUT2D eigenvalue weighted by Gasteiger charge is -2.15. The van der Waals surface area contributed by atoms with E-state index in [1.165, 1.54) is 5.56 Å². The molecule has 1 atom stereocenters. The number of ether oxygens (including phenoxy) is 1. The van der Waals surface area contributed by atoms with Crippen molar-refractivity contribution in [3.63, 3.8) is 0 Å². The Kier molecular flexibility index (Phi) is 6.93. The van der Waals surface area contributed by atoms with Crippen LogP contribution >= 0.6 is 31.9 Å². The molecular weight excluding hydrogens is 406 g/mol. The summed E-state index contributed by atoms with van der Waals surface area (Å²) in [6, 6.07) is 14.9. The fourth-order valence-electron chi connectivity index (χ4n) is 2.02. The van der Waals surface area contributed by atoms with Gasteiger partial charge < -0.3 is 10.1 Å². The lowest BCUT2D eigenvalue weighted by molar-refractivity contribution is 0.302. The predicted molar refractivity (Wildman–Crippen MR) is 99.2 cm³/mol. The molecule has 0 aliphatic carbocycles. The number of rotatable bonds is 7. The zero-order valence-electron chi connectivity index (χ0n) is 12.9. The van der Waals surface area contributed by atoms with Crippen molar-refractivity contribution in [2.75, 3.05) is 0 Å². The van der Waals surface area contributed by atoms with Crippen molar-refractivity contribution < 1.29 is 4.74 Å². The van der Waals surface area contributed by atoms with Crippen LogP contribution in [0.3, 0.4) is 0 Å². The topological polar surface area (TPSA) is 21.3 Å². The standard InChI is InChI=1S/C18H21Br2NO/c1-3-13(2)21-11-15-9-16(19)18(17(20)10-15)22-12-14-7-5-4-6-8-14/h4-10,13,21H,3,11-12H2,1-2H3/t13-/m1/s1. The van der Waals surface area contributed by atoms with Crippen LogP contribution in [-0.2, 0) is 13.2 Å². The van der Waals surface area contributed by atoms with E-state index in [1.54, 1.807) is 0 Å². The van der Waals surface area contributed by atoms with E-state index in [2.05, 4.69) is 75.3 Å². The molecular formula is C18H21Br2NO. The van der Waals surface area contributed by atoms with Crippen molar-refractivity contribution in [3.05, 3.63) is 62.5 Å². The van der Waals surface area contributed by atoms with Crippen molar-refractivity contribution in [1.29, 1.82) is 0 Å². The van der Waals surface area contributed by atoms with E-state index < -0.39 is 0 Å². The third kappa shape index (κ3) is 5.11. The second-order valence-electron chi connectivity index (χ2n) is 5.35. The van der Waals surface area contributed by atoms with Crippen LogP contribution in [0.25, 0.3) is 0 Å². The van der Waals surface area contributed by atoms with Crippen LogP contribution in [-0.4, -0.2) is 6.04 Å². The van der Waals surface area contributed by atoms with Gasteiger partial charge in [0.25, 0.3) is 0 Å².